The third-order valence-corrected chi connectivity index (χ3v) is 3.61. The summed E-state index contributed by atoms with van der Waals surface area (Å²) in [6, 6.07) is 8.21. The number of ether oxygens (including phenoxy) is 1. The monoisotopic (exact) mass is 276 g/mol. The van der Waals surface area contributed by atoms with Gasteiger partial charge in [-0.2, -0.15) is 0 Å². The average molecular weight is 276 g/mol. The SMILES string of the molecule is CNC(c1csc(C)n1)c1ccccc1OC(C)C. The lowest BCUT2D eigenvalue weighted by Gasteiger charge is -2.20. The van der Waals surface area contributed by atoms with Gasteiger partial charge in [0.05, 0.1) is 22.8 Å². The maximum atomic E-state index is 5.89. The van der Waals surface area contributed by atoms with Gasteiger partial charge in [0, 0.05) is 10.9 Å². The summed E-state index contributed by atoms with van der Waals surface area (Å²) < 4.78 is 5.89. The van der Waals surface area contributed by atoms with Gasteiger partial charge in [0.1, 0.15) is 5.75 Å². The molecule has 1 heterocycles. The van der Waals surface area contributed by atoms with E-state index in [4.69, 9.17) is 4.74 Å². The molecule has 0 aliphatic carbocycles. The van der Waals surface area contributed by atoms with E-state index in [1.54, 1.807) is 11.3 Å². The van der Waals surface area contributed by atoms with Gasteiger partial charge in [0.2, 0.25) is 0 Å². The highest BCUT2D eigenvalue weighted by Crippen LogP contribution is 2.30. The van der Waals surface area contributed by atoms with Crippen molar-refractivity contribution in [3.8, 4) is 5.75 Å². The Balaban J connectivity index is 2.38. The molecule has 102 valence electrons. The van der Waals surface area contributed by atoms with E-state index in [1.165, 1.54) is 0 Å². The number of aromatic nitrogens is 1. The number of benzene rings is 1. The number of nitrogens with one attached hydrogen (secondary N) is 1. The number of hydrogen-bond donors (Lipinski definition) is 1. The smallest absolute Gasteiger partial charge is 0.124 e. The van der Waals surface area contributed by atoms with Crippen LogP contribution >= 0.6 is 11.3 Å². The normalized spacial score (nSPS) is 12.7. The van der Waals surface area contributed by atoms with E-state index >= 15 is 0 Å². The van der Waals surface area contributed by atoms with Crippen molar-refractivity contribution in [2.75, 3.05) is 7.05 Å². The maximum absolute atomic E-state index is 5.89. The second-order valence-corrected chi connectivity index (χ2v) is 5.78. The van der Waals surface area contributed by atoms with Crippen LogP contribution in [0.1, 0.15) is 36.2 Å². The highest BCUT2D eigenvalue weighted by molar-refractivity contribution is 7.09. The van der Waals surface area contributed by atoms with Gasteiger partial charge in [-0.05, 0) is 33.9 Å². The van der Waals surface area contributed by atoms with Crippen LogP contribution in [-0.2, 0) is 0 Å². The molecule has 0 aliphatic rings. The zero-order valence-corrected chi connectivity index (χ0v) is 12.6. The molecule has 4 heteroatoms. The van der Waals surface area contributed by atoms with Gasteiger partial charge in [0.25, 0.3) is 0 Å². The molecule has 2 aromatic rings. The Hall–Kier alpha value is -1.39. The summed E-state index contributed by atoms with van der Waals surface area (Å²) in [6.07, 6.45) is 0.163. The largest absolute Gasteiger partial charge is 0.491 e. The summed E-state index contributed by atoms with van der Waals surface area (Å²) in [5, 5.41) is 6.51. The van der Waals surface area contributed by atoms with Crippen molar-refractivity contribution >= 4 is 11.3 Å². The van der Waals surface area contributed by atoms with Crippen molar-refractivity contribution in [3.63, 3.8) is 0 Å². The van der Waals surface area contributed by atoms with E-state index in [1.807, 2.05) is 46.0 Å². The molecule has 2 rings (SSSR count). The molecule has 0 saturated carbocycles. The van der Waals surface area contributed by atoms with Crippen LogP contribution in [0.5, 0.6) is 5.75 Å². The summed E-state index contributed by atoms with van der Waals surface area (Å²) in [4.78, 5) is 4.58. The van der Waals surface area contributed by atoms with Gasteiger partial charge < -0.3 is 10.1 Å². The summed E-state index contributed by atoms with van der Waals surface area (Å²) in [5.74, 6) is 0.919. The first-order chi connectivity index (χ1) is 9.11. The Morgan fingerprint density at radius 1 is 1.26 bits per heavy atom. The topological polar surface area (TPSA) is 34.2 Å². The Kier molecular flexibility index (Phi) is 4.56. The molecule has 1 unspecified atom stereocenters. The van der Waals surface area contributed by atoms with Crippen molar-refractivity contribution in [3.05, 3.63) is 45.9 Å². The number of hydrogen-bond acceptors (Lipinski definition) is 4. The number of aryl methyl sites for hydroxylation is 1. The molecule has 0 amide bonds. The van der Waals surface area contributed by atoms with Gasteiger partial charge >= 0.3 is 0 Å². The first kappa shape index (κ1) is 14.0. The van der Waals surface area contributed by atoms with Crippen LogP contribution in [0.3, 0.4) is 0 Å². The Labute approximate surface area is 118 Å². The minimum absolute atomic E-state index is 0.0694. The molecular formula is C15H20N2OS. The lowest BCUT2D eigenvalue weighted by molar-refractivity contribution is 0.238. The quantitative estimate of drug-likeness (QED) is 0.907. The van der Waals surface area contributed by atoms with Crippen LogP contribution in [0, 0.1) is 6.92 Å². The second kappa shape index (κ2) is 6.17. The van der Waals surface area contributed by atoms with Crippen LogP contribution in [0.25, 0.3) is 0 Å². The van der Waals surface area contributed by atoms with E-state index in [0.717, 1.165) is 22.0 Å². The summed E-state index contributed by atoms with van der Waals surface area (Å²) in [7, 11) is 1.95. The van der Waals surface area contributed by atoms with Crippen molar-refractivity contribution < 1.29 is 4.74 Å². The highest BCUT2D eigenvalue weighted by atomic mass is 32.1. The van der Waals surface area contributed by atoms with Crippen molar-refractivity contribution in [1.82, 2.24) is 10.3 Å². The van der Waals surface area contributed by atoms with Crippen LogP contribution in [0.4, 0.5) is 0 Å². The zero-order chi connectivity index (χ0) is 13.8. The molecule has 0 radical (unpaired) electrons. The zero-order valence-electron chi connectivity index (χ0n) is 11.8. The molecule has 1 aromatic heterocycles. The second-order valence-electron chi connectivity index (χ2n) is 4.72. The van der Waals surface area contributed by atoms with Gasteiger partial charge in [0.15, 0.2) is 0 Å². The van der Waals surface area contributed by atoms with Gasteiger partial charge in [-0.1, -0.05) is 18.2 Å². The molecule has 0 bridgehead atoms. The van der Waals surface area contributed by atoms with Crippen molar-refractivity contribution in [2.24, 2.45) is 0 Å². The maximum Gasteiger partial charge on any atom is 0.124 e. The molecule has 0 spiro atoms. The van der Waals surface area contributed by atoms with E-state index < -0.39 is 0 Å². The highest BCUT2D eigenvalue weighted by Gasteiger charge is 2.19. The lowest BCUT2D eigenvalue weighted by atomic mass is 10.0. The lowest BCUT2D eigenvalue weighted by Crippen LogP contribution is -2.20. The number of nitrogens with zero attached hydrogens (tertiary/aromatic N) is 1. The Bertz CT molecular complexity index is 536. The van der Waals surface area contributed by atoms with Crippen molar-refractivity contribution in [1.29, 1.82) is 0 Å². The van der Waals surface area contributed by atoms with E-state index in [9.17, 15) is 0 Å². The van der Waals surface area contributed by atoms with E-state index in [-0.39, 0.29) is 12.1 Å². The molecule has 0 fully saturated rings. The fourth-order valence-corrected chi connectivity index (χ4v) is 2.69. The van der Waals surface area contributed by atoms with Crippen molar-refractivity contribution in [2.45, 2.75) is 32.9 Å². The van der Waals surface area contributed by atoms with Gasteiger partial charge in [-0.15, -0.1) is 11.3 Å². The summed E-state index contributed by atoms with van der Waals surface area (Å²) in [5.41, 5.74) is 2.17. The molecule has 3 nitrogen and oxygen atoms in total. The van der Waals surface area contributed by atoms with Crippen LogP contribution in [-0.4, -0.2) is 18.1 Å². The summed E-state index contributed by atoms with van der Waals surface area (Å²) >= 11 is 1.67. The minimum atomic E-state index is 0.0694. The molecular weight excluding hydrogens is 256 g/mol. The molecule has 1 N–H and O–H groups in total. The number of para-hydroxylation sites is 1. The number of thiazole rings is 1. The first-order valence-electron chi connectivity index (χ1n) is 6.46. The predicted molar refractivity (Wildman–Crippen MR) is 80.0 cm³/mol. The molecule has 1 atom stereocenters. The van der Waals surface area contributed by atoms with Crippen LogP contribution < -0.4 is 10.1 Å². The standard InChI is InChI=1S/C15H20N2OS/c1-10(2)18-14-8-6-5-7-12(14)15(16-4)13-9-19-11(3)17-13/h5-10,15-16H,1-4H3. The van der Waals surface area contributed by atoms with E-state index in [2.05, 4.69) is 21.7 Å². The minimum Gasteiger partial charge on any atom is -0.491 e. The van der Waals surface area contributed by atoms with Gasteiger partial charge in [-0.3, -0.25) is 0 Å². The first-order valence-corrected chi connectivity index (χ1v) is 7.34. The third-order valence-electron chi connectivity index (χ3n) is 2.81. The predicted octanol–water partition coefficient (Wildman–Crippen LogP) is 3.55. The summed E-state index contributed by atoms with van der Waals surface area (Å²) in [6.45, 7) is 6.10. The number of rotatable bonds is 5. The molecule has 19 heavy (non-hydrogen) atoms. The Morgan fingerprint density at radius 2 is 2.00 bits per heavy atom. The molecule has 0 aliphatic heterocycles. The fourth-order valence-electron chi connectivity index (χ4n) is 2.06. The van der Waals surface area contributed by atoms with Crippen LogP contribution in [0.15, 0.2) is 29.6 Å². The van der Waals surface area contributed by atoms with E-state index in [0.29, 0.717) is 0 Å². The molecule has 0 saturated heterocycles. The van der Waals surface area contributed by atoms with Gasteiger partial charge in [-0.25, -0.2) is 4.98 Å². The Morgan fingerprint density at radius 3 is 2.58 bits per heavy atom. The molecule has 1 aromatic carbocycles. The third kappa shape index (κ3) is 3.33. The fraction of sp³-hybridized carbons (Fsp3) is 0.400. The average Bonchev–Trinajstić information content (AvgIpc) is 2.78. The van der Waals surface area contributed by atoms with Crippen LogP contribution in [0.2, 0.25) is 0 Å².